The van der Waals surface area contributed by atoms with Gasteiger partial charge in [-0.3, -0.25) is 0 Å². The molecule has 2 aromatic rings. The molecule has 0 radical (unpaired) electrons. The van der Waals surface area contributed by atoms with Gasteiger partial charge in [-0.05, 0) is 40.8 Å². The van der Waals surface area contributed by atoms with Crippen LogP contribution in [0.1, 0.15) is 5.56 Å². The summed E-state index contributed by atoms with van der Waals surface area (Å²) in [6.45, 7) is 0. The average Bonchev–Trinajstić information content (AvgIpc) is 2.57. The third kappa shape index (κ3) is 1.47. The van der Waals surface area contributed by atoms with Gasteiger partial charge in [-0.2, -0.15) is 5.26 Å². The van der Waals surface area contributed by atoms with Crippen molar-refractivity contribution in [1.29, 1.82) is 5.26 Å². The number of hydrogen-bond acceptors (Lipinski definition) is 3. The Morgan fingerprint density at radius 3 is 2.93 bits per heavy atom. The van der Waals surface area contributed by atoms with Crippen molar-refractivity contribution in [2.75, 3.05) is 7.11 Å². The second kappa shape index (κ2) is 3.75. The van der Waals surface area contributed by atoms with Crippen LogP contribution in [0.4, 0.5) is 0 Å². The molecule has 0 aliphatic rings. The molecule has 2 rings (SSSR count). The number of nitriles is 1. The molecule has 0 amide bonds. The number of thiophene rings is 1. The maximum atomic E-state index is 8.92. The summed E-state index contributed by atoms with van der Waals surface area (Å²) in [5.74, 6) is 0.832. The number of methoxy groups -OCH3 is 1. The van der Waals surface area contributed by atoms with Gasteiger partial charge < -0.3 is 4.74 Å². The van der Waals surface area contributed by atoms with Gasteiger partial charge in [0.25, 0.3) is 0 Å². The molecular weight excluding hydrogens is 309 g/mol. The summed E-state index contributed by atoms with van der Waals surface area (Å²) in [5, 5.41) is 9.95. The van der Waals surface area contributed by atoms with Crippen LogP contribution in [0.25, 0.3) is 10.1 Å². The van der Waals surface area contributed by atoms with Crippen LogP contribution in [-0.4, -0.2) is 7.11 Å². The van der Waals surface area contributed by atoms with Gasteiger partial charge in [0.2, 0.25) is 0 Å². The number of nitrogens with zero attached hydrogens (tertiary/aromatic N) is 1. The Labute approximate surface area is 99.3 Å². The number of fused-ring (bicyclic) bond motifs is 1. The fourth-order valence-corrected chi connectivity index (χ4v) is 3.17. The van der Waals surface area contributed by atoms with Crippen LogP contribution in [0.3, 0.4) is 0 Å². The summed E-state index contributed by atoms with van der Waals surface area (Å²) in [5.41, 5.74) is 0.716. The molecule has 70 valence electrons. The van der Waals surface area contributed by atoms with E-state index in [4.69, 9.17) is 10.00 Å². The molecule has 1 aromatic heterocycles. The first-order chi connectivity index (χ1) is 6.76. The SMILES string of the molecule is COc1ccc(C#N)c2sc(I)cc12. The quantitative estimate of drug-likeness (QED) is 0.756. The fourth-order valence-electron chi connectivity index (χ4n) is 1.33. The number of ether oxygens (including phenoxy) is 1. The third-order valence-electron chi connectivity index (χ3n) is 1.95. The molecule has 0 fully saturated rings. The number of rotatable bonds is 1. The van der Waals surface area contributed by atoms with Crippen molar-refractivity contribution in [3.63, 3.8) is 0 Å². The van der Waals surface area contributed by atoms with Gasteiger partial charge in [0.05, 0.1) is 20.3 Å². The van der Waals surface area contributed by atoms with Crippen LogP contribution in [0.15, 0.2) is 18.2 Å². The van der Waals surface area contributed by atoms with Crippen LogP contribution in [-0.2, 0) is 0 Å². The van der Waals surface area contributed by atoms with Crippen molar-refractivity contribution in [3.8, 4) is 11.8 Å². The first-order valence-corrected chi connectivity index (χ1v) is 5.82. The van der Waals surface area contributed by atoms with Gasteiger partial charge in [0, 0.05) is 5.39 Å². The summed E-state index contributed by atoms with van der Waals surface area (Å²) in [7, 11) is 1.64. The number of benzene rings is 1. The largest absolute Gasteiger partial charge is 0.496 e. The lowest BCUT2D eigenvalue weighted by Crippen LogP contribution is -1.83. The Hall–Kier alpha value is -0.800. The molecule has 1 aromatic carbocycles. The standard InChI is InChI=1S/C10H6INOS/c1-13-8-3-2-6(5-12)10-7(8)4-9(11)14-10/h2-4H,1H3. The molecule has 2 nitrogen and oxygen atoms in total. The predicted octanol–water partition coefficient (Wildman–Crippen LogP) is 3.39. The molecule has 0 unspecified atom stereocenters. The lowest BCUT2D eigenvalue weighted by molar-refractivity contribution is 0.420. The van der Waals surface area contributed by atoms with E-state index in [0.717, 1.165) is 15.8 Å². The van der Waals surface area contributed by atoms with Crippen LogP contribution in [0.5, 0.6) is 5.75 Å². The van der Waals surface area contributed by atoms with Crippen molar-refractivity contribution in [2.45, 2.75) is 0 Å². The highest BCUT2D eigenvalue weighted by Crippen LogP contribution is 2.35. The maximum absolute atomic E-state index is 8.92. The maximum Gasteiger partial charge on any atom is 0.127 e. The summed E-state index contributed by atoms with van der Waals surface area (Å²) in [6.07, 6.45) is 0. The summed E-state index contributed by atoms with van der Waals surface area (Å²) in [6, 6.07) is 7.86. The van der Waals surface area contributed by atoms with Crippen molar-refractivity contribution in [1.82, 2.24) is 0 Å². The molecule has 0 N–H and O–H groups in total. The highest BCUT2D eigenvalue weighted by Gasteiger charge is 2.09. The van der Waals surface area contributed by atoms with Crippen molar-refractivity contribution >= 4 is 44.0 Å². The topological polar surface area (TPSA) is 33.0 Å². The summed E-state index contributed by atoms with van der Waals surface area (Å²) >= 11 is 3.87. The lowest BCUT2D eigenvalue weighted by Gasteiger charge is -2.01. The minimum Gasteiger partial charge on any atom is -0.496 e. The van der Waals surface area contributed by atoms with E-state index in [9.17, 15) is 0 Å². The van der Waals surface area contributed by atoms with Crippen molar-refractivity contribution < 1.29 is 4.74 Å². The van der Waals surface area contributed by atoms with E-state index in [1.54, 1.807) is 24.5 Å². The molecule has 0 saturated carbocycles. The van der Waals surface area contributed by atoms with E-state index in [0.29, 0.717) is 5.56 Å². The lowest BCUT2D eigenvalue weighted by atomic mass is 10.1. The predicted molar refractivity (Wildman–Crippen MR) is 65.8 cm³/mol. The molecule has 0 atom stereocenters. The van der Waals surface area contributed by atoms with Crippen LogP contribution in [0.2, 0.25) is 0 Å². The third-order valence-corrected chi connectivity index (χ3v) is 3.88. The monoisotopic (exact) mass is 315 g/mol. The van der Waals surface area contributed by atoms with Crippen molar-refractivity contribution in [2.24, 2.45) is 0 Å². The second-order valence-electron chi connectivity index (χ2n) is 2.72. The molecule has 0 bridgehead atoms. The van der Waals surface area contributed by atoms with E-state index in [1.807, 2.05) is 12.1 Å². The Bertz CT molecular complexity index is 527. The number of hydrogen-bond donors (Lipinski definition) is 0. The summed E-state index contributed by atoms with van der Waals surface area (Å²) in [4.78, 5) is 0. The Morgan fingerprint density at radius 1 is 1.50 bits per heavy atom. The molecule has 0 aliphatic heterocycles. The molecule has 0 saturated heterocycles. The highest BCUT2D eigenvalue weighted by molar-refractivity contribution is 14.1. The van der Waals surface area contributed by atoms with Gasteiger partial charge in [0.1, 0.15) is 11.8 Å². The van der Waals surface area contributed by atoms with E-state index >= 15 is 0 Å². The van der Waals surface area contributed by atoms with E-state index in [1.165, 1.54) is 2.88 Å². The normalized spacial score (nSPS) is 10.1. The van der Waals surface area contributed by atoms with E-state index in [2.05, 4.69) is 28.7 Å². The van der Waals surface area contributed by atoms with E-state index < -0.39 is 0 Å². The van der Waals surface area contributed by atoms with Gasteiger partial charge in [-0.25, -0.2) is 0 Å². The Morgan fingerprint density at radius 2 is 2.29 bits per heavy atom. The molecule has 14 heavy (non-hydrogen) atoms. The van der Waals surface area contributed by atoms with Crippen LogP contribution < -0.4 is 4.74 Å². The van der Waals surface area contributed by atoms with Crippen LogP contribution >= 0.6 is 33.9 Å². The average molecular weight is 315 g/mol. The van der Waals surface area contributed by atoms with Gasteiger partial charge in [0.15, 0.2) is 0 Å². The van der Waals surface area contributed by atoms with Crippen LogP contribution in [0, 0.1) is 14.2 Å². The minimum atomic E-state index is 0.716. The zero-order valence-electron chi connectivity index (χ0n) is 7.37. The minimum absolute atomic E-state index is 0.716. The first-order valence-electron chi connectivity index (χ1n) is 3.92. The van der Waals surface area contributed by atoms with Gasteiger partial charge in [-0.15, -0.1) is 11.3 Å². The van der Waals surface area contributed by atoms with Crippen molar-refractivity contribution in [3.05, 3.63) is 26.6 Å². The molecule has 4 heteroatoms. The Kier molecular flexibility index (Phi) is 2.61. The molecular formula is C10H6INOS. The zero-order chi connectivity index (χ0) is 10.1. The molecule has 0 spiro atoms. The van der Waals surface area contributed by atoms with Gasteiger partial charge >= 0.3 is 0 Å². The summed E-state index contributed by atoms with van der Waals surface area (Å²) < 4.78 is 7.41. The molecule has 1 heterocycles. The number of halogens is 1. The second-order valence-corrected chi connectivity index (χ2v) is 5.67. The fraction of sp³-hybridized carbons (Fsp3) is 0.100. The molecule has 0 aliphatic carbocycles. The highest BCUT2D eigenvalue weighted by atomic mass is 127. The zero-order valence-corrected chi connectivity index (χ0v) is 10.3. The first kappa shape index (κ1) is 9.74. The Balaban J connectivity index is 2.86. The smallest absolute Gasteiger partial charge is 0.127 e. The van der Waals surface area contributed by atoms with Gasteiger partial charge in [-0.1, -0.05) is 0 Å². The van der Waals surface area contributed by atoms with E-state index in [-0.39, 0.29) is 0 Å².